The zero-order valence-electron chi connectivity index (χ0n) is 12.7. The molecule has 22 heavy (non-hydrogen) atoms. The Labute approximate surface area is 128 Å². The summed E-state index contributed by atoms with van der Waals surface area (Å²) in [6, 6.07) is 3.63. The molecule has 0 radical (unpaired) electrons. The maximum absolute atomic E-state index is 13.2. The van der Waals surface area contributed by atoms with E-state index in [4.69, 9.17) is 9.84 Å². The van der Waals surface area contributed by atoms with Crippen LogP contribution in [0.2, 0.25) is 0 Å². The van der Waals surface area contributed by atoms with E-state index < -0.39 is 29.0 Å². The summed E-state index contributed by atoms with van der Waals surface area (Å²) in [5, 5.41) is 11.4. The summed E-state index contributed by atoms with van der Waals surface area (Å²) < 4.78 is 18.2. The summed E-state index contributed by atoms with van der Waals surface area (Å²) in [6.45, 7) is 5.60. The second kappa shape index (κ2) is 7.46. The fourth-order valence-electron chi connectivity index (χ4n) is 1.47. The highest BCUT2D eigenvalue weighted by Gasteiger charge is 2.15. The van der Waals surface area contributed by atoms with Gasteiger partial charge in [-0.2, -0.15) is 0 Å². The maximum atomic E-state index is 13.2. The molecule has 1 amide bonds. The van der Waals surface area contributed by atoms with Crippen LogP contribution in [-0.4, -0.2) is 29.3 Å². The van der Waals surface area contributed by atoms with Gasteiger partial charge in [0.15, 0.2) is 0 Å². The Morgan fingerprint density at radius 1 is 1.36 bits per heavy atom. The third-order valence-electron chi connectivity index (χ3n) is 2.35. The topological polar surface area (TPSA) is 75.6 Å². The molecule has 1 aromatic rings. The SMILES string of the molecule is CC(C)(C)OC(=O)NCCC#Cc1ccc(F)c(C(=O)O)c1. The maximum Gasteiger partial charge on any atom is 0.407 e. The van der Waals surface area contributed by atoms with Crippen molar-refractivity contribution < 1.29 is 23.8 Å². The van der Waals surface area contributed by atoms with Gasteiger partial charge in [0.25, 0.3) is 0 Å². The quantitative estimate of drug-likeness (QED) is 0.665. The highest BCUT2D eigenvalue weighted by atomic mass is 19.1. The highest BCUT2D eigenvalue weighted by molar-refractivity contribution is 5.88. The lowest BCUT2D eigenvalue weighted by Crippen LogP contribution is -2.32. The number of benzene rings is 1. The number of ether oxygens (including phenoxy) is 1. The largest absolute Gasteiger partial charge is 0.478 e. The molecule has 0 heterocycles. The third kappa shape index (κ3) is 6.27. The summed E-state index contributed by atoms with van der Waals surface area (Å²) in [7, 11) is 0. The van der Waals surface area contributed by atoms with Crippen molar-refractivity contribution in [1.82, 2.24) is 5.32 Å². The molecule has 0 bridgehead atoms. The van der Waals surface area contributed by atoms with E-state index in [-0.39, 0.29) is 0 Å². The van der Waals surface area contributed by atoms with Gasteiger partial charge in [-0.1, -0.05) is 11.8 Å². The molecule has 0 aliphatic rings. The van der Waals surface area contributed by atoms with Gasteiger partial charge < -0.3 is 15.2 Å². The molecule has 6 heteroatoms. The van der Waals surface area contributed by atoms with Crippen LogP contribution >= 0.6 is 0 Å². The molecule has 0 aromatic heterocycles. The molecule has 1 aromatic carbocycles. The molecule has 0 aliphatic carbocycles. The molecule has 0 saturated carbocycles. The summed E-state index contributed by atoms with van der Waals surface area (Å²) >= 11 is 0. The standard InChI is InChI=1S/C16H18FNO4/c1-16(2,3)22-15(21)18-9-5-4-6-11-7-8-13(17)12(10-11)14(19)20/h7-8,10H,5,9H2,1-3H3,(H,18,21)(H,19,20). The highest BCUT2D eigenvalue weighted by Crippen LogP contribution is 2.10. The Morgan fingerprint density at radius 2 is 2.05 bits per heavy atom. The lowest BCUT2D eigenvalue weighted by Gasteiger charge is -2.19. The average molecular weight is 307 g/mol. The molecule has 2 N–H and O–H groups in total. The molecular weight excluding hydrogens is 289 g/mol. The van der Waals surface area contributed by atoms with E-state index in [2.05, 4.69) is 17.2 Å². The first-order valence-electron chi connectivity index (χ1n) is 6.67. The van der Waals surface area contributed by atoms with E-state index in [9.17, 15) is 14.0 Å². The zero-order valence-corrected chi connectivity index (χ0v) is 12.7. The molecule has 0 unspecified atom stereocenters. The van der Waals surface area contributed by atoms with Crippen LogP contribution in [0.4, 0.5) is 9.18 Å². The molecule has 0 aliphatic heterocycles. The first-order valence-corrected chi connectivity index (χ1v) is 6.67. The molecule has 118 valence electrons. The minimum absolute atomic E-state index is 0.300. The third-order valence-corrected chi connectivity index (χ3v) is 2.35. The summed E-state index contributed by atoms with van der Waals surface area (Å²) in [5.41, 5.74) is -0.577. The van der Waals surface area contributed by atoms with Crippen molar-refractivity contribution in [3.05, 3.63) is 35.1 Å². The first kappa shape index (κ1) is 17.5. The fourth-order valence-corrected chi connectivity index (χ4v) is 1.47. The number of hydrogen-bond donors (Lipinski definition) is 2. The van der Waals surface area contributed by atoms with Crippen LogP contribution in [0.5, 0.6) is 0 Å². The van der Waals surface area contributed by atoms with Crippen LogP contribution in [0.15, 0.2) is 18.2 Å². The van der Waals surface area contributed by atoms with Crippen molar-refractivity contribution in [3.8, 4) is 11.8 Å². The second-order valence-electron chi connectivity index (χ2n) is 5.48. The van der Waals surface area contributed by atoms with Gasteiger partial charge in [0, 0.05) is 18.5 Å². The number of carboxylic acid groups (broad SMARTS) is 1. The Hall–Kier alpha value is -2.55. The number of amides is 1. The van der Waals surface area contributed by atoms with E-state index in [0.29, 0.717) is 18.5 Å². The Bertz CT molecular complexity index is 623. The molecule has 0 fully saturated rings. The number of hydrogen-bond acceptors (Lipinski definition) is 3. The van der Waals surface area contributed by atoms with Crippen LogP contribution in [0, 0.1) is 17.7 Å². The van der Waals surface area contributed by atoms with Gasteiger partial charge in [-0.05, 0) is 39.0 Å². The van der Waals surface area contributed by atoms with Gasteiger partial charge in [-0.3, -0.25) is 0 Å². The molecule has 1 rings (SSSR count). The number of carbonyl (C=O) groups excluding carboxylic acids is 1. The predicted molar refractivity (Wildman–Crippen MR) is 79.1 cm³/mol. The van der Waals surface area contributed by atoms with E-state index in [1.807, 2.05) is 0 Å². The number of carboxylic acids is 1. The van der Waals surface area contributed by atoms with E-state index in [0.717, 1.165) is 6.07 Å². The average Bonchev–Trinajstić information content (AvgIpc) is 2.37. The van der Waals surface area contributed by atoms with Crippen molar-refractivity contribution in [2.75, 3.05) is 6.54 Å². The Kier molecular flexibility index (Phi) is 5.93. The van der Waals surface area contributed by atoms with Crippen molar-refractivity contribution >= 4 is 12.1 Å². The number of rotatable bonds is 3. The molecule has 0 spiro atoms. The molecule has 0 saturated heterocycles. The van der Waals surface area contributed by atoms with Gasteiger partial charge in [0.2, 0.25) is 0 Å². The normalized spacial score (nSPS) is 10.4. The van der Waals surface area contributed by atoms with E-state index in [1.54, 1.807) is 20.8 Å². The Balaban J connectivity index is 2.50. The van der Waals surface area contributed by atoms with Gasteiger partial charge in [-0.15, -0.1) is 0 Å². The molecule has 0 atom stereocenters. The lowest BCUT2D eigenvalue weighted by molar-refractivity contribution is 0.0528. The van der Waals surface area contributed by atoms with Crippen molar-refractivity contribution in [3.63, 3.8) is 0 Å². The summed E-state index contributed by atoms with van der Waals surface area (Å²) in [6.07, 6.45) is -0.164. The summed E-state index contributed by atoms with van der Waals surface area (Å²) in [4.78, 5) is 22.2. The zero-order chi connectivity index (χ0) is 16.8. The molecular formula is C16H18FNO4. The van der Waals surface area contributed by atoms with Crippen LogP contribution in [0.25, 0.3) is 0 Å². The fraction of sp³-hybridized carbons (Fsp3) is 0.375. The second-order valence-corrected chi connectivity index (χ2v) is 5.48. The van der Waals surface area contributed by atoms with Gasteiger partial charge in [0.1, 0.15) is 11.4 Å². The first-order chi connectivity index (χ1) is 10.2. The van der Waals surface area contributed by atoms with E-state index >= 15 is 0 Å². The number of halogens is 1. The monoisotopic (exact) mass is 307 g/mol. The van der Waals surface area contributed by atoms with Gasteiger partial charge in [-0.25, -0.2) is 14.0 Å². The Morgan fingerprint density at radius 3 is 2.64 bits per heavy atom. The van der Waals surface area contributed by atoms with Crippen molar-refractivity contribution in [1.29, 1.82) is 0 Å². The van der Waals surface area contributed by atoms with Gasteiger partial charge >= 0.3 is 12.1 Å². The number of carbonyl (C=O) groups is 2. The minimum Gasteiger partial charge on any atom is -0.478 e. The summed E-state index contributed by atoms with van der Waals surface area (Å²) in [5.74, 6) is 3.35. The lowest BCUT2D eigenvalue weighted by atomic mass is 10.1. The van der Waals surface area contributed by atoms with Crippen LogP contribution < -0.4 is 5.32 Å². The smallest absolute Gasteiger partial charge is 0.407 e. The minimum atomic E-state index is -1.34. The van der Waals surface area contributed by atoms with E-state index in [1.165, 1.54) is 12.1 Å². The number of aromatic carboxylic acids is 1. The number of nitrogens with one attached hydrogen (secondary N) is 1. The van der Waals surface area contributed by atoms with Crippen LogP contribution in [0.3, 0.4) is 0 Å². The van der Waals surface area contributed by atoms with Gasteiger partial charge in [0.05, 0.1) is 5.56 Å². The van der Waals surface area contributed by atoms with Crippen molar-refractivity contribution in [2.45, 2.75) is 32.8 Å². The predicted octanol–water partition coefficient (Wildman–Crippen LogP) is 2.79. The van der Waals surface area contributed by atoms with Crippen molar-refractivity contribution in [2.24, 2.45) is 0 Å². The molecule has 5 nitrogen and oxygen atoms in total. The number of alkyl carbamates (subject to hydrolysis) is 1. The van der Waals surface area contributed by atoms with Crippen LogP contribution in [0.1, 0.15) is 43.1 Å². The van der Waals surface area contributed by atoms with Crippen LogP contribution in [-0.2, 0) is 4.74 Å².